The van der Waals surface area contributed by atoms with Crippen LogP contribution in [0.4, 0.5) is 17.1 Å². The normalized spacial score (nSPS) is 12.3. The Bertz CT molecular complexity index is 1240. The van der Waals surface area contributed by atoms with Gasteiger partial charge in [-0.1, -0.05) is 58.0 Å². The van der Waals surface area contributed by atoms with Crippen LogP contribution in [0.1, 0.15) is 92.6 Å². The first kappa shape index (κ1) is 28.5. The molecule has 0 aliphatic heterocycles. The average Bonchev–Trinajstić information content (AvgIpc) is 2.80. The number of aromatic nitrogens is 1. The molecule has 0 saturated heterocycles. The summed E-state index contributed by atoms with van der Waals surface area (Å²) in [6.45, 7) is 19.0. The van der Waals surface area contributed by atoms with Crippen molar-refractivity contribution < 1.29 is 17.1 Å². The molecule has 3 aromatic rings. The number of aryl methyl sites for hydroxylation is 2. The molecule has 0 aliphatic carbocycles. The summed E-state index contributed by atoms with van der Waals surface area (Å²) in [5.41, 5.74) is 18.3. The van der Waals surface area contributed by atoms with Crippen molar-refractivity contribution in [3.05, 3.63) is 81.7 Å². The Kier molecular flexibility index (Phi) is 9.60. The van der Waals surface area contributed by atoms with Gasteiger partial charge in [-0.25, -0.2) is 4.98 Å². The Morgan fingerprint density at radius 1 is 0.743 bits per heavy atom. The maximum atomic E-state index is 6.27. The summed E-state index contributed by atoms with van der Waals surface area (Å²) in [4.78, 5) is 14.9. The van der Waals surface area contributed by atoms with Crippen molar-refractivity contribution in [1.82, 2.24) is 4.98 Å². The van der Waals surface area contributed by atoms with Gasteiger partial charge in [0.1, 0.15) is 0 Å². The number of hydrogen-bond acceptors (Lipinski definition) is 4. The Balaban J connectivity index is 0.00000432. The molecule has 0 aliphatic rings. The van der Waals surface area contributed by atoms with E-state index in [2.05, 4.69) is 58.9 Å². The van der Waals surface area contributed by atoms with Gasteiger partial charge in [-0.05, 0) is 86.4 Å². The molecule has 2 N–H and O–H groups in total. The van der Waals surface area contributed by atoms with Crippen molar-refractivity contribution >= 4 is 28.5 Å². The van der Waals surface area contributed by atoms with Crippen molar-refractivity contribution in [2.24, 2.45) is 9.98 Å². The zero-order valence-corrected chi connectivity index (χ0v) is 23.6. The molecule has 0 spiro atoms. The Morgan fingerprint density at radius 3 is 1.69 bits per heavy atom. The SMILES string of the molecule is CC(=Nc1c(C(C)C)cccc1C(C)C)c1cccc(C(C)=Nc2c(C)cc(C)c(N)c2C)n1.[Fe]. The van der Waals surface area contributed by atoms with Crippen molar-refractivity contribution in [3.63, 3.8) is 0 Å². The molecule has 0 amide bonds. The molecule has 3 rings (SSSR count). The Labute approximate surface area is 221 Å². The van der Waals surface area contributed by atoms with Gasteiger partial charge < -0.3 is 5.73 Å². The number of nitrogen functional groups attached to an aromatic ring is 1. The molecule has 0 atom stereocenters. The largest absolute Gasteiger partial charge is 0.398 e. The van der Waals surface area contributed by atoms with Gasteiger partial charge in [0.25, 0.3) is 0 Å². The van der Waals surface area contributed by atoms with Crippen molar-refractivity contribution in [2.75, 3.05) is 5.73 Å². The Hall–Kier alpha value is -2.75. The zero-order chi connectivity index (χ0) is 25.2. The standard InChI is InChI=1S/C30H38N4.Fe/c1-17(2)24-12-10-13-25(18(3)4)30(24)33-23(9)27-15-11-14-26(34-27)22(8)32-29-20(6)16-19(5)28(31)21(29)7;/h10-18H,31H2,1-9H3;. The number of hydrogen-bond donors (Lipinski definition) is 1. The van der Waals surface area contributed by atoms with Crippen LogP contribution in [0.15, 0.2) is 52.4 Å². The predicted molar refractivity (Wildman–Crippen MR) is 148 cm³/mol. The van der Waals surface area contributed by atoms with E-state index >= 15 is 0 Å². The maximum absolute atomic E-state index is 6.27. The van der Waals surface area contributed by atoms with E-state index < -0.39 is 0 Å². The molecule has 2 aromatic carbocycles. The molecule has 1 heterocycles. The maximum Gasteiger partial charge on any atom is 0.0849 e. The van der Waals surface area contributed by atoms with E-state index in [1.54, 1.807) is 0 Å². The van der Waals surface area contributed by atoms with E-state index in [9.17, 15) is 0 Å². The third kappa shape index (κ3) is 6.28. The van der Waals surface area contributed by atoms with Crippen LogP contribution < -0.4 is 5.73 Å². The van der Waals surface area contributed by atoms with Crippen LogP contribution in [-0.4, -0.2) is 16.4 Å². The number of rotatable bonds is 6. The zero-order valence-electron chi connectivity index (χ0n) is 22.5. The van der Waals surface area contributed by atoms with Gasteiger partial charge in [-0.2, -0.15) is 0 Å². The number of para-hydroxylation sites is 1. The molecular weight excluding hydrogens is 472 g/mol. The van der Waals surface area contributed by atoms with Crippen molar-refractivity contribution in [2.45, 2.75) is 74.1 Å². The predicted octanol–water partition coefficient (Wildman–Crippen LogP) is 8.11. The molecule has 0 bridgehead atoms. The van der Waals surface area contributed by atoms with Crippen LogP contribution in [0.2, 0.25) is 0 Å². The van der Waals surface area contributed by atoms with E-state index in [1.165, 1.54) is 11.1 Å². The van der Waals surface area contributed by atoms with E-state index in [0.717, 1.165) is 56.6 Å². The summed E-state index contributed by atoms with van der Waals surface area (Å²) >= 11 is 0. The number of benzene rings is 2. The van der Waals surface area contributed by atoms with Crippen LogP contribution in [-0.2, 0) is 17.1 Å². The molecule has 0 unspecified atom stereocenters. The van der Waals surface area contributed by atoms with Crippen molar-refractivity contribution in [1.29, 1.82) is 0 Å². The first-order chi connectivity index (χ1) is 16.0. The van der Waals surface area contributed by atoms with Crippen LogP contribution >= 0.6 is 0 Å². The van der Waals surface area contributed by atoms with Gasteiger partial charge in [-0.15, -0.1) is 0 Å². The van der Waals surface area contributed by atoms with E-state index in [4.69, 9.17) is 20.7 Å². The molecule has 35 heavy (non-hydrogen) atoms. The third-order valence-corrected chi connectivity index (χ3v) is 6.38. The van der Waals surface area contributed by atoms with E-state index in [-0.39, 0.29) is 17.1 Å². The molecule has 0 fully saturated rings. The van der Waals surface area contributed by atoms with Crippen LogP contribution in [0.3, 0.4) is 0 Å². The fourth-order valence-corrected chi connectivity index (χ4v) is 4.29. The summed E-state index contributed by atoms with van der Waals surface area (Å²) < 4.78 is 0. The quantitative estimate of drug-likeness (QED) is 0.207. The molecule has 0 radical (unpaired) electrons. The third-order valence-electron chi connectivity index (χ3n) is 6.38. The van der Waals surface area contributed by atoms with Gasteiger partial charge >= 0.3 is 0 Å². The molecule has 186 valence electrons. The minimum Gasteiger partial charge on any atom is -0.398 e. The molecule has 0 saturated carbocycles. The topological polar surface area (TPSA) is 63.6 Å². The minimum absolute atomic E-state index is 0. The number of aliphatic imine (C=N–C) groups is 2. The average molecular weight is 511 g/mol. The molecule has 1 aromatic heterocycles. The summed E-state index contributed by atoms with van der Waals surface area (Å²) in [5.74, 6) is 0.791. The smallest absolute Gasteiger partial charge is 0.0849 e. The summed E-state index contributed by atoms with van der Waals surface area (Å²) in [6.07, 6.45) is 0. The monoisotopic (exact) mass is 510 g/mol. The molecule has 4 nitrogen and oxygen atoms in total. The van der Waals surface area contributed by atoms with Gasteiger partial charge in [0.2, 0.25) is 0 Å². The minimum atomic E-state index is 0. The van der Waals surface area contributed by atoms with Crippen LogP contribution in [0.5, 0.6) is 0 Å². The summed E-state index contributed by atoms with van der Waals surface area (Å²) in [5, 5.41) is 0. The number of nitrogens with zero attached hydrogens (tertiary/aromatic N) is 3. The summed E-state index contributed by atoms with van der Waals surface area (Å²) in [6, 6.07) is 14.6. The number of nitrogens with two attached hydrogens (primary N) is 1. The first-order valence-corrected chi connectivity index (χ1v) is 12.1. The van der Waals surface area contributed by atoms with Gasteiger partial charge in [0.05, 0.1) is 34.2 Å². The fourth-order valence-electron chi connectivity index (χ4n) is 4.29. The molecule has 5 heteroatoms. The van der Waals surface area contributed by atoms with Crippen LogP contribution in [0.25, 0.3) is 0 Å². The second kappa shape index (κ2) is 11.8. The number of anilines is 1. The number of pyridine rings is 1. The van der Waals surface area contributed by atoms with Crippen LogP contribution in [0, 0.1) is 20.8 Å². The second-order valence-corrected chi connectivity index (χ2v) is 9.79. The fraction of sp³-hybridized carbons (Fsp3) is 0.367. The first-order valence-electron chi connectivity index (χ1n) is 12.1. The molecular formula is C30H38FeN4. The Morgan fingerprint density at radius 2 is 1.20 bits per heavy atom. The second-order valence-electron chi connectivity index (χ2n) is 9.79. The summed E-state index contributed by atoms with van der Waals surface area (Å²) in [7, 11) is 0. The van der Waals surface area contributed by atoms with Crippen molar-refractivity contribution in [3.8, 4) is 0 Å². The van der Waals surface area contributed by atoms with E-state index in [1.807, 2.05) is 45.9 Å². The van der Waals surface area contributed by atoms with Gasteiger partial charge in [0.15, 0.2) is 0 Å². The van der Waals surface area contributed by atoms with Gasteiger partial charge in [-0.3, -0.25) is 9.98 Å². The van der Waals surface area contributed by atoms with E-state index in [0.29, 0.717) is 11.8 Å². The van der Waals surface area contributed by atoms with Gasteiger partial charge in [0, 0.05) is 22.8 Å².